The highest BCUT2D eigenvalue weighted by molar-refractivity contribution is 6.06. The van der Waals surface area contributed by atoms with Gasteiger partial charge in [-0.3, -0.25) is 4.79 Å². The van der Waals surface area contributed by atoms with Crippen LogP contribution in [0.4, 0.5) is 0 Å². The molecule has 176 valence electrons. The number of aromatic nitrogens is 3. The number of carbonyl (C=O) groups is 1. The number of furan rings is 1. The molecule has 36 heavy (non-hydrogen) atoms. The molecule has 0 bridgehead atoms. The van der Waals surface area contributed by atoms with E-state index < -0.39 is 0 Å². The molecule has 0 unspecified atom stereocenters. The number of rotatable bonds is 8. The minimum Gasteiger partial charge on any atom is -0.467 e. The van der Waals surface area contributed by atoms with E-state index in [4.69, 9.17) is 14.7 Å². The number of benzene rings is 2. The zero-order valence-corrected chi connectivity index (χ0v) is 19.5. The number of amides is 1. The van der Waals surface area contributed by atoms with Gasteiger partial charge in [0.1, 0.15) is 12.3 Å². The van der Waals surface area contributed by atoms with Crippen LogP contribution in [0.15, 0.2) is 102 Å². The van der Waals surface area contributed by atoms with Crippen LogP contribution in [-0.2, 0) is 13.1 Å². The number of nitriles is 1. The molecule has 5 aromatic rings. The highest BCUT2D eigenvalue weighted by Gasteiger charge is 2.22. The van der Waals surface area contributed by atoms with Crippen LogP contribution in [0.25, 0.3) is 22.3 Å². The maximum absolute atomic E-state index is 13.9. The lowest BCUT2D eigenvalue weighted by atomic mass is 10.1. The van der Waals surface area contributed by atoms with Gasteiger partial charge in [-0.15, -0.1) is 6.58 Å². The predicted octanol–water partition coefficient (Wildman–Crippen LogP) is 5.44. The van der Waals surface area contributed by atoms with Crippen LogP contribution in [0.2, 0.25) is 0 Å². The summed E-state index contributed by atoms with van der Waals surface area (Å²) in [6.45, 7) is 4.98. The van der Waals surface area contributed by atoms with Crippen molar-refractivity contribution >= 4 is 16.9 Å². The Morgan fingerprint density at radius 2 is 1.92 bits per heavy atom. The van der Waals surface area contributed by atoms with Gasteiger partial charge in [-0.25, -0.2) is 9.67 Å². The van der Waals surface area contributed by atoms with E-state index in [1.807, 2.05) is 60.7 Å². The second-order valence-corrected chi connectivity index (χ2v) is 8.32. The first-order valence-corrected chi connectivity index (χ1v) is 11.5. The van der Waals surface area contributed by atoms with Crippen LogP contribution in [0.3, 0.4) is 0 Å². The van der Waals surface area contributed by atoms with Crippen molar-refractivity contribution in [3.8, 4) is 17.3 Å². The van der Waals surface area contributed by atoms with Crippen LogP contribution >= 0.6 is 0 Å². The van der Waals surface area contributed by atoms with Crippen molar-refractivity contribution in [1.82, 2.24) is 19.7 Å². The number of hydrogen-bond acceptors (Lipinski definition) is 5. The average molecular weight is 474 g/mol. The second-order valence-electron chi connectivity index (χ2n) is 8.32. The molecule has 3 aromatic heterocycles. The molecule has 1 amide bonds. The Morgan fingerprint density at radius 1 is 1.11 bits per heavy atom. The molecule has 0 atom stereocenters. The van der Waals surface area contributed by atoms with E-state index in [-0.39, 0.29) is 5.91 Å². The van der Waals surface area contributed by atoms with Crippen LogP contribution in [0.1, 0.15) is 27.2 Å². The summed E-state index contributed by atoms with van der Waals surface area (Å²) in [6.07, 6.45) is 5.01. The molecule has 0 aliphatic heterocycles. The second kappa shape index (κ2) is 10.1. The van der Waals surface area contributed by atoms with Crippen LogP contribution < -0.4 is 0 Å². The van der Waals surface area contributed by atoms with E-state index in [1.54, 1.807) is 40.3 Å². The lowest BCUT2D eigenvalue weighted by Gasteiger charge is -2.22. The molecule has 0 N–H and O–H groups in total. The van der Waals surface area contributed by atoms with Crippen molar-refractivity contribution in [3.05, 3.63) is 120 Å². The Kier molecular flexibility index (Phi) is 6.41. The molecule has 0 aliphatic rings. The van der Waals surface area contributed by atoms with E-state index >= 15 is 0 Å². The van der Waals surface area contributed by atoms with E-state index in [2.05, 4.69) is 17.7 Å². The highest BCUT2D eigenvalue weighted by Crippen LogP contribution is 2.27. The molecule has 0 radical (unpaired) electrons. The molecule has 2 aromatic carbocycles. The molecular weight excluding hydrogens is 450 g/mol. The third-order valence-corrected chi connectivity index (χ3v) is 5.89. The Hall–Kier alpha value is -4.96. The normalized spacial score (nSPS) is 10.8. The fourth-order valence-corrected chi connectivity index (χ4v) is 4.10. The molecule has 7 nitrogen and oxygen atoms in total. The highest BCUT2D eigenvalue weighted by atomic mass is 16.3. The summed E-state index contributed by atoms with van der Waals surface area (Å²) in [5.74, 6) is 0.593. The van der Waals surface area contributed by atoms with Gasteiger partial charge >= 0.3 is 0 Å². The van der Waals surface area contributed by atoms with Gasteiger partial charge in [0.2, 0.25) is 0 Å². The van der Waals surface area contributed by atoms with E-state index in [1.165, 1.54) is 0 Å². The number of hydrogen-bond donors (Lipinski definition) is 0. The lowest BCUT2D eigenvalue weighted by Crippen LogP contribution is -2.31. The van der Waals surface area contributed by atoms with Gasteiger partial charge in [0.25, 0.3) is 5.91 Å². The number of nitrogens with zero attached hydrogens (tertiary/aromatic N) is 5. The molecular formula is C29H23N5O2. The van der Waals surface area contributed by atoms with Crippen LogP contribution in [-0.4, -0.2) is 32.1 Å². The van der Waals surface area contributed by atoms with Crippen molar-refractivity contribution in [3.63, 3.8) is 0 Å². The van der Waals surface area contributed by atoms with Gasteiger partial charge in [0.05, 0.1) is 40.7 Å². The molecule has 3 heterocycles. The average Bonchev–Trinajstić information content (AvgIpc) is 3.59. The third kappa shape index (κ3) is 4.65. The number of fused-ring (bicyclic) bond motifs is 1. The van der Waals surface area contributed by atoms with Crippen molar-refractivity contribution < 1.29 is 9.21 Å². The SMILES string of the molecule is C=CCN(Cc1ccc(C#N)cc1)C(=O)c1cc(-c2ccccc2)nc2c1cnn2Cc1ccco1. The summed E-state index contributed by atoms with van der Waals surface area (Å²) in [4.78, 5) is 20.5. The molecule has 0 saturated carbocycles. The largest absolute Gasteiger partial charge is 0.467 e. The monoisotopic (exact) mass is 473 g/mol. The molecule has 0 spiro atoms. The summed E-state index contributed by atoms with van der Waals surface area (Å²) < 4.78 is 7.25. The summed E-state index contributed by atoms with van der Waals surface area (Å²) >= 11 is 0. The van der Waals surface area contributed by atoms with Crippen molar-refractivity contribution in [2.45, 2.75) is 13.1 Å². The Balaban J connectivity index is 1.58. The van der Waals surface area contributed by atoms with Gasteiger partial charge in [-0.05, 0) is 35.9 Å². The molecule has 0 aliphatic carbocycles. The first-order valence-electron chi connectivity index (χ1n) is 11.5. The standard InChI is InChI=1S/C29H23N5O2/c1-2-14-33(19-22-12-10-21(17-30)11-13-22)29(35)25-16-27(23-7-4-3-5-8-23)32-28-26(25)18-31-34(28)20-24-9-6-15-36-24/h2-13,15-16,18H,1,14,19-20H2. The van der Waals surface area contributed by atoms with Gasteiger partial charge in [0, 0.05) is 18.7 Å². The molecule has 0 saturated heterocycles. The van der Waals surface area contributed by atoms with E-state index in [9.17, 15) is 4.79 Å². The van der Waals surface area contributed by atoms with Gasteiger partial charge in [-0.1, -0.05) is 48.5 Å². The van der Waals surface area contributed by atoms with Crippen molar-refractivity contribution in [2.75, 3.05) is 6.54 Å². The lowest BCUT2D eigenvalue weighted by molar-refractivity contribution is 0.0764. The zero-order chi connectivity index (χ0) is 24.9. The smallest absolute Gasteiger partial charge is 0.255 e. The molecule has 5 rings (SSSR count). The van der Waals surface area contributed by atoms with E-state index in [0.717, 1.165) is 16.9 Å². The summed E-state index contributed by atoms with van der Waals surface area (Å²) in [7, 11) is 0. The molecule has 0 fully saturated rings. The molecule has 7 heteroatoms. The zero-order valence-electron chi connectivity index (χ0n) is 19.5. The van der Waals surface area contributed by atoms with Crippen LogP contribution in [0.5, 0.6) is 0 Å². The van der Waals surface area contributed by atoms with Gasteiger partial charge in [0.15, 0.2) is 5.65 Å². The first kappa shape index (κ1) is 22.8. The van der Waals surface area contributed by atoms with Crippen LogP contribution in [0, 0.1) is 11.3 Å². The third-order valence-electron chi connectivity index (χ3n) is 5.89. The summed E-state index contributed by atoms with van der Waals surface area (Å²) in [5.41, 5.74) is 4.21. The topological polar surface area (TPSA) is 88.0 Å². The minimum absolute atomic E-state index is 0.151. The van der Waals surface area contributed by atoms with Gasteiger partial charge < -0.3 is 9.32 Å². The summed E-state index contributed by atoms with van der Waals surface area (Å²) in [6, 6.07) is 24.6. The number of pyridine rings is 1. The fraction of sp³-hybridized carbons (Fsp3) is 0.103. The number of carbonyl (C=O) groups excluding carboxylic acids is 1. The summed E-state index contributed by atoms with van der Waals surface area (Å²) in [5, 5.41) is 14.3. The van der Waals surface area contributed by atoms with E-state index in [0.29, 0.717) is 47.5 Å². The first-order chi connectivity index (χ1) is 17.7. The van der Waals surface area contributed by atoms with Crippen molar-refractivity contribution in [2.24, 2.45) is 0 Å². The predicted molar refractivity (Wildman–Crippen MR) is 137 cm³/mol. The maximum atomic E-state index is 13.9. The minimum atomic E-state index is -0.151. The quantitative estimate of drug-likeness (QED) is 0.280. The Morgan fingerprint density at radius 3 is 2.61 bits per heavy atom. The Bertz CT molecular complexity index is 1550. The van der Waals surface area contributed by atoms with Crippen molar-refractivity contribution in [1.29, 1.82) is 5.26 Å². The maximum Gasteiger partial charge on any atom is 0.255 e. The fourth-order valence-electron chi connectivity index (χ4n) is 4.10. The Labute approximate surface area is 208 Å². The van der Waals surface area contributed by atoms with Gasteiger partial charge in [-0.2, -0.15) is 10.4 Å².